The summed E-state index contributed by atoms with van der Waals surface area (Å²) in [6.45, 7) is 10.4. The molecule has 1 aliphatic heterocycles. The highest BCUT2D eigenvalue weighted by atomic mass is 16.6. The van der Waals surface area contributed by atoms with Crippen molar-refractivity contribution >= 4 is 11.8 Å². The molecule has 0 saturated carbocycles. The highest BCUT2D eigenvalue weighted by molar-refractivity contribution is 5.91. The van der Waals surface area contributed by atoms with Gasteiger partial charge in [-0.2, -0.15) is 0 Å². The van der Waals surface area contributed by atoms with E-state index in [9.17, 15) is 4.79 Å². The minimum atomic E-state index is -0.465. The van der Waals surface area contributed by atoms with Crippen LogP contribution in [0, 0.1) is 0 Å². The summed E-state index contributed by atoms with van der Waals surface area (Å²) in [5.41, 5.74) is 3.00. The fourth-order valence-electron chi connectivity index (χ4n) is 2.90. The number of benzene rings is 1. The van der Waals surface area contributed by atoms with Gasteiger partial charge >= 0.3 is 6.09 Å². The van der Waals surface area contributed by atoms with E-state index in [0.717, 1.165) is 25.2 Å². The molecule has 0 atom stereocenters. The maximum absolute atomic E-state index is 12.5. The SMILES string of the molecule is CCCCCNCc1cccc2c1N(C(=O)OC(C)(C)C)CC2. The number of hydrogen-bond donors (Lipinski definition) is 1. The summed E-state index contributed by atoms with van der Waals surface area (Å²) in [5, 5.41) is 3.50. The normalized spacial score (nSPS) is 14.0. The van der Waals surface area contributed by atoms with Gasteiger partial charge in [0.2, 0.25) is 0 Å². The molecule has 1 heterocycles. The summed E-state index contributed by atoms with van der Waals surface area (Å²) in [7, 11) is 0. The first-order valence-electron chi connectivity index (χ1n) is 8.74. The Kier molecular flexibility index (Phi) is 6.05. The van der Waals surface area contributed by atoms with Crippen LogP contribution in [0.1, 0.15) is 58.1 Å². The van der Waals surface area contributed by atoms with Crippen molar-refractivity contribution in [1.29, 1.82) is 0 Å². The minimum absolute atomic E-state index is 0.241. The number of anilines is 1. The third-order valence-electron chi connectivity index (χ3n) is 3.96. The number of nitrogens with one attached hydrogen (secondary N) is 1. The van der Waals surface area contributed by atoms with Crippen molar-refractivity contribution in [3.63, 3.8) is 0 Å². The molecular weight excluding hydrogens is 288 g/mol. The zero-order chi connectivity index (χ0) is 16.9. The van der Waals surface area contributed by atoms with Crippen molar-refractivity contribution in [3.05, 3.63) is 29.3 Å². The number of unbranched alkanes of at least 4 members (excludes halogenated alkanes) is 2. The molecule has 2 rings (SSSR count). The van der Waals surface area contributed by atoms with Gasteiger partial charge in [0.15, 0.2) is 0 Å². The molecule has 128 valence electrons. The van der Waals surface area contributed by atoms with E-state index in [2.05, 4.69) is 30.4 Å². The Hall–Kier alpha value is -1.55. The molecule has 0 unspecified atom stereocenters. The second kappa shape index (κ2) is 7.82. The van der Waals surface area contributed by atoms with Gasteiger partial charge in [-0.25, -0.2) is 4.79 Å². The summed E-state index contributed by atoms with van der Waals surface area (Å²) in [6, 6.07) is 6.30. The largest absolute Gasteiger partial charge is 0.443 e. The van der Waals surface area contributed by atoms with Crippen molar-refractivity contribution in [2.75, 3.05) is 18.0 Å². The first-order valence-corrected chi connectivity index (χ1v) is 8.74. The molecule has 23 heavy (non-hydrogen) atoms. The summed E-state index contributed by atoms with van der Waals surface area (Å²) < 4.78 is 5.56. The van der Waals surface area contributed by atoms with Gasteiger partial charge < -0.3 is 10.1 Å². The molecule has 1 amide bonds. The maximum Gasteiger partial charge on any atom is 0.414 e. The lowest BCUT2D eigenvalue weighted by Crippen LogP contribution is -2.36. The zero-order valence-corrected chi connectivity index (χ0v) is 14.9. The zero-order valence-electron chi connectivity index (χ0n) is 14.9. The molecule has 0 aromatic heterocycles. The minimum Gasteiger partial charge on any atom is -0.443 e. The van der Waals surface area contributed by atoms with Crippen LogP contribution < -0.4 is 10.2 Å². The lowest BCUT2D eigenvalue weighted by molar-refractivity contribution is 0.0583. The van der Waals surface area contributed by atoms with Gasteiger partial charge in [0.25, 0.3) is 0 Å². The Balaban J connectivity index is 2.06. The molecule has 4 nitrogen and oxygen atoms in total. The van der Waals surface area contributed by atoms with Crippen molar-refractivity contribution < 1.29 is 9.53 Å². The first-order chi connectivity index (χ1) is 10.9. The summed E-state index contributed by atoms with van der Waals surface area (Å²) in [5.74, 6) is 0. The fraction of sp³-hybridized carbons (Fsp3) is 0.632. The lowest BCUT2D eigenvalue weighted by Gasteiger charge is -2.26. The van der Waals surface area contributed by atoms with E-state index in [1.807, 2.05) is 20.8 Å². The van der Waals surface area contributed by atoms with Crippen molar-refractivity contribution in [3.8, 4) is 0 Å². The number of fused-ring (bicyclic) bond motifs is 1. The predicted octanol–water partition coefficient (Wildman–Crippen LogP) is 4.26. The average molecular weight is 318 g/mol. The number of para-hydroxylation sites is 1. The van der Waals surface area contributed by atoms with Crippen molar-refractivity contribution in [2.24, 2.45) is 0 Å². The van der Waals surface area contributed by atoms with Crippen LogP contribution in [0.15, 0.2) is 18.2 Å². The number of hydrogen-bond acceptors (Lipinski definition) is 3. The van der Waals surface area contributed by atoms with Gasteiger partial charge in [0, 0.05) is 13.1 Å². The van der Waals surface area contributed by atoms with E-state index in [4.69, 9.17) is 4.74 Å². The van der Waals surface area contributed by atoms with Crippen LogP contribution in [0.5, 0.6) is 0 Å². The predicted molar refractivity (Wildman–Crippen MR) is 95.0 cm³/mol. The third-order valence-corrected chi connectivity index (χ3v) is 3.96. The lowest BCUT2D eigenvalue weighted by atomic mass is 10.1. The molecule has 0 bridgehead atoms. The van der Waals surface area contributed by atoms with Crippen LogP contribution in [0.3, 0.4) is 0 Å². The van der Waals surface area contributed by atoms with E-state index in [-0.39, 0.29) is 6.09 Å². The van der Waals surface area contributed by atoms with E-state index < -0.39 is 5.60 Å². The van der Waals surface area contributed by atoms with Crippen LogP contribution in [-0.4, -0.2) is 24.8 Å². The fourth-order valence-corrected chi connectivity index (χ4v) is 2.90. The molecule has 0 spiro atoms. The standard InChI is InChI=1S/C19H30N2O2/c1-5-6-7-12-20-14-16-10-8-9-15-11-13-21(17(15)16)18(22)23-19(2,3)4/h8-10,20H,5-7,11-14H2,1-4H3. The Bertz CT molecular complexity index is 535. The van der Waals surface area contributed by atoms with Crippen LogP contribution in [-0.2, 0) is 17.7 Å². The van der Waals surface area contributed by atoms with Crippen molar-refractivity contribution in [1.82, 2.24) is 5.32 Å². The molecule has 0 radical (unpaired) electrons. The van der Waals surface area contributed by atoms with E-state index in [1.54, 1.807) is 4.90 Å². The van der Waals surface area contributed by atoms with Crippen molar-refractivity contribution in [2.45, 2.75) is 65.5 Å². The number of carbonyl (C=O) groups excluding carboxylic acids is 1. The quantitative estimate of drug-likeness (QED) is 0.797. The maximum atomic E-state index is 12.5. The molecule has 0 fully saturated rings. The molecule has 0 aliphatic carbocycles. The topological polar surface area (TPSA) is 41.6 Å². The van der Waals surface area contributed by atoms with Gasteiger partial charge in [-0.05, 0) is 51.3 Å². The molecule has 1 aliphatic rings. The van der Waals surface area contributed by atoms with Gasteiger partial charge in [-0.1, -0.05) is 38.0 Å². The third kappa shape index (κ3) is 4.96. The van der Waals surface area contributed by atoms with Gasteiger partial charge in [-0.15, -0.1) is 0 Å². The molecule has 0 saturated heterocycles. The van der Waals surface area contributed by atoms with Crippen LogP contribution in [0.4, 0.5) is 10.5 Å². The van der Waals surface area contributed by atoms with Crippen LogP contribution >= 0.6 is 0 Å². The molecular formula is C19H30N2O2. The molecule has 1 aromatic carbocycles. The second-order valence-corrected chi connectivity index (χ2v) is 7.19. The van der Waals surface area contributed by atoms with Gasteiger partial charge in [0.1, 0.15) is 5.60 Å². The Labute approximate surface area is 140 Å². The summed E-state index contributed by atoms with van der Waals surface area (Å²) in [6.07, 6.45) is 4.34. The highest BCUT2D eigenvalue weighted by Gasteiger charge is 2.30. The Morgan fingerprint density at radius 2 is 2.09 bits per heavy atom. The highest BCUT2D eigenvalue weighted by Crippen LogP contribution is 2.33. The van der Waals surface area contributed by atoms with E-state index in [0.29, 0.717) is 6.54 Å². The smallest absolute Gasteiger partial charge is 0.414 e. The number of nitrogens with zero attached hydrogens (tertiary/aromatic N) is 1. The van der Waals surface area contributed by atoms with Gasteiger partial charge in [0.05, 0.1) is 5.69 Å². The van der Waals surface area contributed by atoms with Gasteiger partial charge in [-0.3, -0.25) is 4.90 Å². The van der Waals surface area contributed by atoms with Crippen LogP contribution in [0.2, 0.25) is 0 Å². The Morgan fingerprint density at radius 3 is 2.78 bits per heavy atom. The molecule has 4 heteroatoms. The number of amides is 1. The summed E-state index contributed by atoms with van der Waals surface area (Å²) in [4.78, 5) is 14.3. The Morgan fingerprint density at radius 1 is 1.30 bits per heavy atom. The molecule has 1 N–H and O–H groups in total. The molecule has 1 aromatic rings. The number of ether oxygens (including phenoxy) is 1. The number of carbonyl (C=O) groups is 1. The summed E-state index contributed by atoms with van der Waals surface area (Å²) >= 11 is 0. The average Bonchev–Trinajstić information content (AvgIpc) is 2.90. The second-order valence-electron chi connectivity index (χ2n) is 7.19. The number of rotatable bonds is 6. The van der Waals surface area contributed by atoms with E-state index >= 15 is 0 Å². The van der Waals surface area contributed by atoms with E-state index in [1.165, 1.54) is 30.4 Å². The van der Waals surface area contributed by atoms with Crippen LogP contribution in [0.25, 0.3) is 0 Å². The first kappa shape index (κ1) is 17.8. The monoisotopic (exact) mass is 318 g/mol.